The summed E-state index contributed by atoms with van der Waals surface area (Å²) in [5.41, 5.74) is 9.28. The first kappa shape index (κ1) is 14.2. The van der Waals surface area contributed by atoms with Crippen molar-refractivity contribution >= 4 is 39.1 Å². The fourth-order valence-corrected chi connectivity index (χ4v) is 3.41. The van der Waals surface area contributed by atoms with Gasteiger partial charge in [0, 0.05) is 16.5 Å². The van der Waals surface area contributed by atoms with Crippen LogP contribution in [0.25, 0.3) is 0 Å². The van der Waals surface area contributed by atoms with E-state index in [0.29, 0.717) is 16.7 Å². The number of rotatable bonds is 2. The van der Waals surface area contributed by atoms with Crippen molar-refractivity contribution in [2.45, 2.75) is 12.5 Å². The van der Waals surface area contributed by atoms with Gasteiger partial charge in [-0.25, -0.2) is 0 Å². The molecule has 0 fully saturated rings. The van der Waals surface area contributed by atoms with Crippen LogP contribution >= 0.6 is 39.1 Å². The van der Waals surface area contributed by atoms with E-state index in [1.54, 1.807) is 6.07 Å². The maximum Gasteiger partial charge on any atom is 0.127 e. The summed E-state index contributed by atoms with van der Waals surface area (Å²) >= 11 is 15.8. The van der Waals surface area contributed by atoms with Crippen molar-refractivity contribution < 1.29 is 4.74 Å². The van der Waals surface area contributed by atoms with Gasteiger partial charge in [-0.3, -0.25) is 0 Å². The number of hydrogen-bond donors (Lipinski definition) is 1. The zero-order valence-electron chi connectivity index (χ0n) is 10.5. The normalized spacial score (nSPS) is 14.8. The minimum atomic E-state index is -0.370. The van der Waals surface area contributed by atoms with Gasteiger partial charge in [0.1, 0.15) is 5.75 Å². The van der Waals surface area contributed by atoms with E-state index in [0.717, 1.165) is 27.8 Å². The van der Waals surface area contributed by atoms with Gasteiger partial charge in [0.25, 0.3) is 0 Å². The number of fused-ring (bicyclic) bond motifs is 1. The Morgan fingerprint density at radius 2 is 2.00 bits per heavy atom. The number of nitrogens with two attached hydrogens (primary N) is 1. The lowest BCUT2D eigenvalue weighted by molar-refractivity contribution is 0.352. The van der Waals surface area contributed by atoms with Crippen LogP contribution in [0.1, 0.15) is 22.7 Å². The van der Waals surface area contributed by atoms with Crippen molar-refractivity contribution in [1.82, 2.24) is 0 Å². The summed E-state index contributed by atoms with van der Waals surface area (Å²) in [5.74, 6) is 0.872. The van der Waals surface area contributed by atoms with Crippen molar-refractivity contribution in [1.29, 1.82) is 0 Å². The van der Waals surface area contributed by atoms with E-state index < -0.39 is 0 Å². The van der Waals surface area contributed by atoms with Gasteiger partial charge in [-0.15, -0.1) is 0 Å². The van der Waals surface area contributed by atoms with Crippen molar-refractivity contribution in [2.75, 3.05) is 6.61 Å². The van der Waals surface area contributed by atoms with Gasteiger partial charge in [0.15, 0.2) is 0 Å². The second kappa shape index (κ2) is 5.57. The van der Waals surface area contributed by atoms with Crippen LogP contribution in [0.15, 0.2) is 34.8 Å². The van der Waals surface area contributed by atoms with E-state index in [4.69, 9.17) is 33.7 Å². The second-order valence-electron chi connectivity index (χ2n) is 4.70. The Labute approximate surface area is 136 Å². The minimum absolute atomic E-state index is 0.370. The molecule has 1 aliphatic heterocycles. The predicted octanol–water partition coefficient (Wildman–Crippen LogP) is 4.74. The monoisotopic (exact) mass is 371 g/mol. The largest absolute Gasteiger partial charge is 0.493 e. The number of hydrogen-bond acceptors (Lipinski definition) is 2. The molecule has 0 saturated heterocycles. The van der Waals surface area contributed by atoms with E-state index in [1.807, 2.05) is 18.2 Å². The summed E-state index contributed by atoms with van der Waals surface area (Å²) in [5, 5.41) is 1.00. The van der Waals surface area contributed by atoms with Crippen molar-refractivity contribution in [3.8, 4) is 5.75 Å². The Kier molecular flexibility index (Phi) is 3.95. The molecule has 0 bridgehead atoms. The van der Waals surface area contributed by atoms with E-state index in [1.165, 1.54) is 5.56 Å². The summed E-state index contributed by atoms with van der Waals surface area (Å²) in [4.78, 5) is 0. The van der Waals surface area contributed by atoms with E-state index in [2.05, 4.69) is 22.0 Å². The van der Waals surface area contributed by atoms with Gasteiger partial charge in [0.2, 0.25) is 0 Å². The zero-order valence-corrected chi connectivity index (χ0v) is 13.6. The highest BCUT2D eigenvalue weighted by Gasteiger charge is 2.23. The van der Waals surface area contributed by atoms with Crippen LogP contribution in [-0.2, 0) is 6.42 Å². The first-order chi connectivity index (χ1) is 9.58. The summed E-state index contributed by atoms with van der Waals surface area (Å²) in [6.45, 7) is 0.689. The molecule has 3 rings (SSSR count). The molecular formula is C15H12BrCl2NO. The summed E-state index contributed by atoms with van der Waals surface area (Å²) in [7, 11) is 0. The lowest BCUT2D eigenvalue weighted by atomic mass is 9.96. The molecule has 1 atom stereocenters. The van der Waals surface area contributed by atoms with Crippen LogP contribution in [0.5, 0.6) is 5.75 Å². The predicted molar refractivity (Wildman–Crippen MR) is 85.8 cm³/mol. The summed E-state index contributed by atoms with van der Waals surface area (Å²) in [6, 6.07) is 9.17. The van der Waals surface area contributed by atoms with Crippen molar-refractivity contribution in [3.63, 3.8) is 0 Å². The Morgan fingerprint density at radius 3 is 2.80 bits per heavy atom. The van der Waals surface area contributed by atoms with Crippen LogP contribution in [-0.4, -0.2) is 6.61 Å². The standard InChI is InChI=1S/C15H12BrCl2NO/c16-9-6-8-4-5-20-15(8)11(7-9)14(19)10-2-1-3-12(17)13(10)18/h1-3,6-7,14H,4-5,19H2. The topological polar surface area (TPSA) is 35.2 Å². The van der Waals surface area contributed by atoms with Crippen molar-refractivity contribution in [2.24, 2.45) is 5.73 Å². The molecular weight excluding hydrogens is 361 g/mol. The van der Waals surface area contributed by atoms with Gasteiger partial charge in [-0.1, -0.05) is 51.3 Å². The Morgan fingerprint density at radius 1 is 1.20 bits per heavy atom. The molecule has 5 heteroatoms. The molecule has 0 aliphatic carbocycles. The molecule has 2 nitrogen and oxygen atoms in total. The van der Waals surface area contributed by atoms with Gasteiger partial charge in [-0.2, -0.15) is 0 Å². The number of benzene rings is 2. The fourth-order valence-electron chi connectivity index (χ4n) is 2.46. The molecule has 2 aromatic carbocycles. The Bertz CT molecular complexity index is 675. The highest BCUT2D eigenvalue weighted by Crippen LogP contribution is 2.40. The average Bonchev–Trinajstić information content (AvgIpc) is 2.88. The van der Waals surface area contributed by atoms with E-state index in [-0.39, 0.29) is 6.04 Å². The Hall–Kier alpha value is -0.740. The van der Waals surface area contributed by atoms with Crippen LogP contribution in [0.3, 0.4) is 0 Å². The minimum Gasteiger partial charge on any atom is -0.493 e. The third-order valence-corrected chi connectivity index (χ3v) is 4.72. The van der Waals surface area contributed by atoms with Crippen LogP contribution in [0.4, 0.5) is 0 Å². The van der Waals surface area contributed by atoms with Gasteiger partial charge in [0.05, 0.1) is 22.7 Å². The SMILES string of the molecule is NC(c1cccc(Cl)c1Cl)c1cc(Br)cc2c1OCC2. The molecule has 1 heterocycles. The first-order valence-corrected chi connectivity index (χ1v) is 7.77. The maximum absolute atomic E-state index is 6.38. The number of ether oxygens (including phenoxy) is 1. The fraction of sp³-hybridized carbons (Fsp3) is 0.200. The van der Waals surface area contributed by atoms with Crippen LogP contribution < -0.4 is 10.5 Å². The third-order valence-electron chi connectivity index (χ3n) is 3.43. The molecule has 2 N–H and O–H groups in total. The summed E-state index contributed by atoms with van der Waals surface area (Å²) in [6.07, 6.45) is 0.901. The van der Waals surface area contributed by atoms with Crippen LogP contribution in [0.2, 0.25) is 10.0 Å². The van der Waals surface area contributed by atoms with Gasteiger partial charge < -0.3 is 10.5 Å². The molecule has 2 aromatic rings. The smallest absolute Gasteiger partial charge is 0.127 e. The maximum atomic E-state index is 6.38. The second-order valence-corrected chi connectivity index (χ2v) is 6.40. The average molecular weight is 373 g/mol. The van der Waals surface area contributed by atoms with E-state index in [9.17, 15) is 0 Å². The molecule has 0 radical (unpaired) electrons. The Balaban J connectivity index is 2.11. The van der Waals surface area contributed by atoms with Crippen molar-refractivity contribution in [3.05, 3.63) is 61.5 Å². The molecule has 20 heavy (non-hydrogen) atoms. The quantitative estimate of drug-likeness (QED) is 0.826. The highest BCUT2D eigenvalue weighted by molar-refractivity contribution is 9.10. The van der Waals surface area contributed by atoms with Gasteiger partial charge >= 0.3 is 0 Å². The first-order valence-electron chi connectivity index (χ1n) is 6.22. The van der Waals surface area contributed by atoms with Gasteiger partial charge in [-0.05, 0) is 29.3 Å². The van der Waals surface area contributed by atoms with Crippen LogP contribution in [0, 0.1) is 0 Å². The van der Waals surface area contributed by atoms with E-state index >= 15 is 0 Å². The third kappa shape index (κ3) is 2.44. The number of halogens is 3. The molecule has 0 saturated carbocycles. The summed E-state index contributed by atoms with van der Waals surface area (Å²) < 4.78 is 6.71. The molecule has 104 valence electrons. The highest BCUT2D eigenvalue weighted by atomic mass is 79.9. The lowest BCUT2D eigenvalue weighted by Gasteiger charge is -2.18. The molecule has 1 aliphatic rings. The zero-order chi connectivity index (χ0) is 14.3. The lowest BCUT2D eigenvalue weighted by Crippen LogP contribution is -2.13. The molecule has 0 spiro atoms. The molecule has 0 amide bonds. The molecule has 0 aromatic heterocycles. The molecule has 1 unspecified atom stereocenters.